The molecule has 3 aromatic rings. The Kier molecular flexibility index (Phi) is 6.78. The average molecular weight is 434 g/mol. The van der Waals surface area contributed by atoms with Gasteiger partial charge < -0.3 is 14.8 Å². The highest BCUT2D eigenvalue weighted by molar-refractivity contribution is 6.05. The molecule has 0 fully saturated rings. The number of nitro benzene ring substituents is 1. The standard InChI is InChI=1S/C25H26N2O5/c1-15-10-17(3)18(4)24(11-15)32-14-20-12-19(7-9-23(20)31-5)25(28)26-22-13-21(27(29)30)8-6-16(22)2/h6-13H,14H2,1-5H3,(H,26,28). The van der Waals surface area contributed by atoms with Crippen LogP contribution in [0.2, 0.25) is 0 Å². The first-order valence-corrected chi connectivity index (χ1v) is 10.1. The number of benzene rings is 3. The summed E-state index contributed by atoms with van der Waals surface area (Å²) in [5, 5.41) is 13.8. The van der Waals surface area contributed by atoms with E-state index in [1.54, 1.807) is 38.3 Å². The van der Waals surface area contributed by atoms with Gasteiger partial charge >= 0.3 is 0 Å². The van der Waals surface area contributed by atoms with Crippen LogP contribution in [0.3, 0.4) is 0 Å². The van der Waals surface area contributed by atoms with Crippen molar-refractivity contribution >= 4 is 17.3 Å². The molecule has 1 N–H and O–H groups in total. The molecule has 0 atom stereocenters. The average Bonchev–Trinajstić information content (AvgIpc) is 2.76. The van der Waals surface area contributed by atoms with E-state index in [1.807, 2.05) is 26.8 Å². The first-order chi connectivity index (χ1) is 15.2. The summed E-state index contributed by atoms with van der Waals surface area (Å²) >= 11 is 0. The lowest BCUT2D eigenvalue weighted by atomic mass is 10.1. The van der Waals surface area contributed by atoms with Gasteiger partial charge in [0.15, 0.2) is 0 Å². The third-order valence-electron chi connectivity index (χ3n) is 5.37. The van der Waals surface area contributed by atoms with Crippen molar-refractivity contribution in [2.24, 2.45) is 0 Å². The molecule has 7 heteroatoms. The number of carbonyl (C=O) groups excluding carboxylic acids is 1. The zero-order chi connectivity index (χ0) is 23.4. The fourth-order valence-corrected chi connectivity index (χ4v) is 3.39. The fourth-order valence-electron chi connectivity index (χ4n) is 3.39. The first-order valence-electron chi connectivity index (χ1n) is 10.1. The predicted octanol–water partition coefficient (Wildman–Crippen LogP) is 5.67. The highest BCUT2D eigenvalue weighted by Crippen LogP contribution is 2.28. The van der Waals surface area contributed by atoms with Gasteiger partial charge in [-0.3, -0.25) is 14.9 Å². The zero-order valence-electron chi connectivity index (χ0n) is 18.8. The van der Waals surface area contributed by atoms with Crippen molar-refractivity contribution in [1.29, 1.82) is 0 Å². The zero-order valence-corrected chi connectivity index (χ0v) is 18.8. The number of hydrogen-bond acceptors (Lipinski definition) is 5. The number of hydrogen-bond donors (Lipinski definition) is 1. The van der Waals surface area contributed by atoms with Crippen molar-refractivity contribution < 1.29 is 19.2 Å². The molecule has 7 nitrogen and oxygen atoms in total. The maximum atomic E-state index is 12.9. The van der Waals surface area contributed by atoms with Crippen LogP contribution in [0.1, 0.15) is 38.2 Å². The molecule has 0 unspecified atom stereocenters. The Balaban J connectivity index is 1.84. The van der Waals surface area contributed by atoms with Crippen molar-refractivity contribution in [3.8, 4) is 11.5 Å². The van der Waals surface area contributed by atoms with Gasteiger partial charge in [-0.2, -0.15) is 0 Å². The van der Waals surface area contributed by atoms with Crippen LogP contribution in [0.5, 0.6) is 11.5 Å². The van der Waals surface area contributed by atoms with E-state index in [9.17, 15) is 14.9 Å². The van der Waals surface area contributed by atoms with Crippen LogP contribution in [0.15, 0.2) is 48.5 Å². The summed E-state index contributed by atoms with van der Waals surface area (Å²) < 4.78 is 11.5. The quantitative estimate of drug-likeness (QED) is 0.382. The van der Waals surface area contributed by atoms with Crippen LogP contribution >= 0.6 is 0 Å². The Morgan fingerprint density at radius 3 is 2.41 bits per heavy atom. The van der Waals surface area contributed by atoms with Gasteiger partial charge in [0, 0.05) is 23.3 Å². The molecule has 3 aromatic carbocycles. The smallest absolute Gasteiger partial charge is 0.271 e. The predicted molar refractivity (Wildman–Crippen MR) is 124 cm³/mol. The van der Waals surface area contributed by atoms with Gasteiger partial charge in [0.25, 0.3) is 11.6 Å². The third kappa shape index (κ3) is 5.06. The molecule has 0 heterocycles. The van der Waals surface area contributed by atoms with Gasteiger partial charge in [0.1, 0.15) is 18.1 Å². The van der Waals surface area contributed by atoms with Gasteiger partial charge in [-0.25, -0.2) is 0 Å². The number of ether oxygens (including phenoxy) is 2. The number of methoxy groups -OCH3 is 1. The second kappa shape index (κ2) is 9.51. The Hall–Kier alpha value is -3.87. The van der Waals surface area contributed by atoms with Gasteiger partial charge in [-0.1, -0.05) is 12.1 Å². The molecule has 3 rings (SSSR count). The molecule has 0 aliphatic carbocycles. The van der Waals surface area contributed by atoms with E-state index in [0.29, 0.717) is 17.0 Å². The molecule has 32 heavy (non-hydrogen) atoms. The van der Waals surface area contributed by atoms with Crippen molar-refractivity contribution in [2.45, 2.75) is 34.3 Å². The highest BCUT2D eigenvalue weighted by Gasteiger charge is 2.15. The molecule has 0 aromatic heterocycles. The van der Waals surface area contributed by atoms with E-state index in [1.165, 1.54) is 12.1 Å². The molecule has 0 radical (unpaired) electrons. The summed E-state index contributed by atoms with van der Waals surface area (Å²) in [7, 11) is 1.56. The number of anilines is 1. The Morgan fingerprint density at radius 2 is 1.72 bits per heavy atom. The van der Waals surface area contributed by atoms with Crippen LogP contribution in [0.25, 0.3) is 0 Å². The second-order valence-electron chi connectivity index (χ2n) is 7.73. The number of nitro groups is 1. The number of rotatable bonds is 7. The lowest BCUT2D eigenvalue weighted by Gasteiger charge is -2.15. The minimum Gasteiger partial charge on any atom is -0.496 e. The van der Waals surface area contributed by atoms with E-state index in [2.05, 4.69) is 11.4 Å². The molecule has 0 spiro atoms. The van der Waals surface area contributed by atoms with Gasteiger partial charge in [0.05, 0.1) is 17.7 Å². The summed E-state index contributed by atoms with van der Waals surface area (Å²) in [6, 6.07) is 13.5. The topological polar surface area (TPSA) is 90.7 Å². The Labute approximate surface area is 187 Å². The number of carbonyl (C=O) groups is 1. The molecular formula is C25H26N2O5. The van der Waals surface area contributed by atoms with E-state index in [4.69, 9.17) is 9.47 Å². The van der Waals surface area contributed by atoms with E-state index in [-0.39, 0.29) is 18.2 Å². The Bertz CT molecular complexity index is 1190. The third-order valence-corrected chi connectivity index (χ3v) is 5.37. The maximum Gasteiger partial charge on any atom is 0.271 e. The molecule has 0 bridgehead atoms. The summed E-state index contributed by atoms with van der Waals surface area (Å²) in [5.41, 5.74) is 5.46. The number of nitrogens with zero attached hydrogens (tertiary/aromatic N) is 1. The molecule has 0 saturated heterocycles. The van der Waals surface area contributed by atoms with E-state index >= 15 is 0 Å². The van der Waals surface area contributed by atoms with Gasteiger partial charge in [-0.05, 0) is 74.2 Å². The van der Waals surface area contributed by atoms with E-state index in [0.717, 1.165) is 33.6 Å². The second-order valence-corrected chi connectivity index (χ2v) is 7.73. The van der Waals surface area contributed by atoms with Crippen LogP contribution in [-0.4, -0.2) is 17.9 Å². The monoisotopic (exact) mass is 434 g/mol. The number of amides is 1. The molecular weight excluding hydrogens is 408 g/mol. The normalized spacial score (nSPS) is 10.5. The minimum atomic E-state index is -0.493. The molecule has 0 aliphatic rings. The summed E-state index contributed by atoms with van der Waals surface area (Å²) in [6.45, 7) is 8.06. The van der Waals surface area contributed by atoms with Crippen molar-refractivity contribution in [3.05, 3.63) is 92.0 Å². The van der Waals surface area contributed by atoms with E-state index < -0.39 is 4.92 Å². The van der Waals surface area contributed by atoms with Gasteiger partial charge in [-0.15, -0.1) is 0 Å². The summed E-state index contributed by atoms with van der Waals surface area (Å²) in [4.78, 5) is 23.4. The summed E-state index contributed by atoms with van der Waals surface area (Å²) in [6.07, 6.45) is 0. The van der Waals surface area contributed by atoms with Crippen molar-refractivity contribution in [3.63, 3.8) is 0 Å². The van der Waals surface area contributed by atoms with Crippen LogP contribution in [-0.2, 0) is 6.61 Å². The molecule has 166 valence electrons. The molecule has 0 saturated carbocycles. The number of aryl methyl sites for hydroxylation is 3. The lowest BCUT2D eigenvalue weighted by Crippen LogP contribution is -2.14. The number of nitrogens with one attached hydrogen (secondary N) is 1. The lowest BCUT2D eigenvalue weighted by molar-refractivity contribution is -0.384. The van der Waals surface area contributed by atoms with Crippen molar-refractivity contribution in [2.75, 3.05) is 12.4 Å². The molecule has 0 aliphatic heterocycles. The summed E-state index contributed by atoms with van der Waals surface area (Å²) in [5.74, 6) is 1.02. The highest BCUT2D eigenvalue weighted by atomic mass is 16.6. The maximum absolute atomic E-state index is 12.9. The molecule has 1 amide bonds. The van der Waals surface area contributed by atoms with Crippen molar-refractivity contribution in [1.82, 2.24) is 0 Å². The largest absolute Gasteiger partial charge is 0.496 e. The minimum absolute atomic E-state index is 0.0847. The van der Waals surface area contributed by atoms with Gasteiger partial charge in [0.2, 0.25) is 0 Å². The van der Waals surface area contributed by atoms with Crippen LogP contribution < -0.4 is 14.8 Å². The Morgan fingerprint density at radius 1 is 0.969 bits per heavy atom. The fraction of sp³-hybridized carbons (Fsp3) is 0.240. The SMILES string of the molecule is COc1ccc(C(=O)Nc2cc([N+](=O)[O-])ccc2C)cc1COc1cc(C)cc(C)c1C. The number of non-ortho nitro benzene ring substituents is 1. The van der Waals surface area contributed by atoms with Crippen LogP contribution in [0, 0.1) is 37.8 Å². The first kappa shape index (κ1) is 22.8. The van der Waals surface area contributed by atoms with Crippen LogP contribution in [0.4, 0.5) is 11.4 Å².